The van der Waals surface area contributed by atoms with E-state index in [2.05, 4.69) is 17.6 Å². The van der Waals surface area contributed by atoms with E-state index in [-0.39, 0.29) is 11.8 Å². The Balaban J connectivity index is 1.82. The number of amides is 2. The maximum absolute atomic E-state index is 12.2. The van der Waals surface area contributed by atoms with Gasteiger partial charge in [-0.25, -0.2) is 0 Å². The zero-order chi connectivity index (χ0) is 17.5. The van der Waals surface area contributed by atoms with Crippen molar-refractivity contribution in [2.24, 2.45) is 11.8 Å². The zero-order valence-electron chi connectivity index (χ0n) is 15.0. The number of nitrogens with zero attached hydrogens (tertiary/aromatic N) is 1. The minimum absolute atomic E-state index is 0.0677. The number of rotatable bonds is 6. The summed E-state index contributed by atoms with van der Waals surface area (Å²) < 4.78 is 0. The number of hydrogen-bond donors (Lipinski definition) is 2. The van der Waals surface area contributed by atoms with Gasteiger partial charge in [0, 0.05) is 26.2 Å². The van der Waals surface area contributed by atoms with E-state index in [4.69, 9.17) is 0 Å². The molecule has 0 spiro atoms. The van der Waals surface area contributed by atoms with Gasteiger partial charge in [0.15, 0.2) is 0 Å². The predicted molar refractivity (Wildman–Crippen MR) is 96.8 cm³/mol. The number of likely N-dealkylation sites (N-methyl/N-ethyl adjacent to an activating group) is 1. The number of nitrogens with one attached hydrogen (secondary N) is 2. The van der Waals surface area contributed by atoms with E-state index in [1.54, 1.807) is 19.0 Å². The van der Waals surface area contributed by atoms with E-state index in [1.165, 1.54) is 0 Å². The Kier molecular flexibility index (Phi) is 6.79. The van der Waals surface area contributed by atoms with Crippen LogP contribution in [0.4, 0.5) is 5.69 Å². The topological polar surface area (TPSA) is 61.4 Å². The van der Waals surface area contributed by atoms with E-state index in [0.717, 1.165) is 37.2 Å². The fourth-order valence-electron chi connectivity index (χ4n) is 3.12. The summed E-state index contributed by atoms with van der Waals surface area (Å²) in [6, 6.07) is 7.53. The van der Waals surface area contributed by atoms with Crippen molar-refractivity contribution in [3.8, 4) is 0 Å². The lowest BCUT2D eigenvalue weighted by atomic mass is 9.84. The highest BCUT2D eigenvalue weighted by atomic mass is 16.2. The molecule has 1 aliphatic heterocycles. The largest absolute Gasteiger partial charge is 0.349 e. The Bertz CT molecular complexity index is 548. The number of benzene rings is 1. The van der Waals surface area contributed by atoms with Gasteiger partial charge < -0.3 is 15.5 Å². The molecular weight excluding hydrogens is 302 g/mol. The van der Waals surface area contributed by atoms with Crippen molar-refractivity contribution in [1.29, 1.82) is 0 Å². The Morgan fingerprint density at radius 1 is 1.21 bits per heavy atom. The third-order valence-corrected chi connectivity index (χ3v) is 4.79. The monoisotopic (exact) mass is 331 g/mol. The van der Waals surface area contributed by atoms with Crippen molar-refractivity contribution in [1.82, 2.24) is 10.2 Å². The molecule has 132 valence electrons. The summed E-state index contributed by atoms with van der Waals surface area (Å²) in [7, 11) is 3.50. The van der Waals surface area contributed by atoms with Crippen LogP contribution in [0.15, 0.2) is 24.3 Å². The smallest absolute Gasteiger partial charge is 0.226 e. The molecule has 1 aromatic rings. The number of piperidine rings is 1. The van der Waals surface area contributed by atoms with E-state index >= 15 is 0 Å². The average Bonchev–Trinajstić information content (AvgIpc) is 2.57. The second-order valence-electron chi connectivity index (χ2n) is 6.98. The number of carbonyl (C=O) groups excluding carboxylic acids is 2. The van der Waals surface area contributed by atoms with Crippen LogP contribution in [0.5, 0.6) is 0 Å². The Morgan fingerprint density at radius 2 is 1.83 bits per heavy atom. The molecule has 24 heavy (non-hydrogen) atoms. The van der Waals surface area contributed by atoms with Gasteiger partial charge in [-0.05, 0) is 55.5 Å². The summed E-state index contributed by atoms with van der Waals surface area (Å²) in [6.07, 6.45) is 3.26. The summed E-state index contributed by atoms with van der Waals surface area (Å²) >= 11 is 0. The van der Waals surface area contributed by atoms with Crippen molar-refractivity contribution in [2.75, 3.05) is 32.5 Å². The second-order valence-corrected chi connectivity index (χ2v) is 6.98. The molecule has 1 fully saturated rings. The summed E-state index contributed by atoms with van der Waals surface area (Å²) in [5.41, 5.74) is 1.74. The van der Waals surface area contributed by atoms with Crippen LogP contribution in [-0.4, -0.2) is 43.9 Å². The van der Waals surface area contributed by atoms with Gasteiger partial charge in [-0.1, -0.05) is 19.1 Å². The average molecular weight is 331 g/mol. The van der Waals surface area contributed by atoms with E-state index in [9.17, 15) is 9.59 Å². The van der Waals surface area contributed by atoms with Crippen molar-refractivity contribution in [3.63, 3.8) is 0 Å². The molecule has 0 radical (unpaired) electrons. The fourth-order valence-corrected chi connectivity index (χ4v) is 3.12. The SMILES string of the molecule is CC(CC(=O)Nc1ccc(CC(=O)N(C)C)cc1)C1CCNCC1. The molecule has 1 unspecified atom stereocenters. The highest BCUT2D eigenvalue weighted by Crippen LogP contribution is 2.24. The van der Waals surface area contributed by atoms with Gasteiger partial charge in [-0.3, -0.25) is 9.59 Å². The first kappa shape index (κ1) is 18.5. The first-order valence-corrected chi connectivity index (χ1v) is 8.75. The second kappa shape index (κ2) is 8.83. The summed E-state index contributed by atoms with van der Waals surface area (Å²) in [5.74, 6) is 1.18. The molecule has 1 aliphatic rings. The van der Waals surface area contributed by atoms with Crippen LogP contribution in [-0.2, 0) is 16.0 Å². The van der Waals surface area contributed by atoms with Crippen LogP contribution in [0.3, 0.4) is 0 Å². The van der Waals surface area contributed by atoms with Crippen molar-refractivity contribution < 1.29 is 9.59 Å². The van der Waals surface area contributed by atoms with Crippen LogP contribution >= 0.6 is 0 Å². The minimum Gasteiger partial charge on any atom is -0.349 e. The molecule has 2 amide bonds. The summed E-state index contributed by atoms with van der Waals surface area (Å²) in [6.45, 7) is 4.29. The Labute approximate surface area is 144 Å². The minimum atomic E-state index is 0.0677. The molecular formula is C19H29N3O2. The van der Waals surface area contributed by atoms with Gasteiger partial charge >= 0.3 is 0 Å². The first-order chi connectivity index (χ1) is 11.5. The van der Waals surface area contributed by atoms with Crippen molar-refractivity contribution in [2.45, 2.75) is 32.6 Å². The quantitative estimate of drug-likeness (QED) is 0.841. The molecule has 1 aromatic carbocycles. The van der Waals surface area contributed by atoms with Crippen LogP contribution in [0.25, 0.3) is 0 Å². The molecule has 0 saturated carbocycles. The Hall–Kier alpha value is -1.88. The highest BCUT2D eigenvalue weighted by Gasteiger charge is 2.22. The van der Waals surface area contributed by atoms with Crippen molar-refractivity contribution in [3.05, 3.63) is 29.8 Å². The molecule has 0 bridgehead atoms. The lowest BCUT2D eigenvalue weighted by molar-refractivity contribution is -0.128. The highest BCUT2D eigenvalue weighted by molar-refractivity contribution is 5.90. The maximum atomic E-state index is 12.2. The van der Waals surface area contributed by atoms with Crippen LogP contribution in [0.1, 0.15) is 31.7 Å². The zero-order valence-corrected chi connectivity index (χ0v) is 15.0. The van der Waals surface area contributed by atoms with Gasteiger partial charge in [0.1, 0.15) is 0 Å². The van der Waals surface area contributed by atoms with Gasteiger partial charge in [-0.2, -0.15) is 0 Å². The molecule has 5 heteroatoms. The number of carbonyl (C=O) groups is 2. The van der Waals surface area contributed by atoms with Crippen molar-refractivity contribution >= 4 is 17.5 Å². The molecule has 2 rings (SSSR count). The lowest BCUT2D eigenvalue weighted by Gasteiger charge is -2.27. The molecule has 1 heterocycles. The van der Waals surface area contributed by atoms with E-state index in [0.29, 0.717) is 24.7 Å². The van der Waals surface area contributed by atoms with E-state index < -0.39 is 0 Å². The molecule has 1 saturated heterocycles. The molecule has 1 atom stereocenters. The van der Waals surface area contributed by atoms with Gasteiger partial charge in [-0.15, -0.1) is 0 Å². The number of anilines is 1. The van der Waals surface area contributed by atoms with Gasteiger partial charge in [0.2, 0.25) is 11.8 Å². The van der Waals surface area contributed by atoms with E-state index in [1.807, 2.05) is 24.3 Å². The maximum Gasteiger partial charge on any atom is 0.226 e. The van der Waals surface area contributed by atoms with Crippen LogP contribution < -0.4 is 10.6 Å². The van der Waals surface area contributed by atoms with Gasteiger partial charge in [0.05, 0.1) is 6.42 Å². The van der Waals surface area contributed by atoms with Gasteiger partial charge in [0.25, 0.3) is 0 Å². The van der Waals surface area contributed by atoms with Crippen LogP contribution in [0.2, 0.25) is 0 Å². The third-order valence-electron chi connectivity index (χ3n) is 4.79. The number of hydrogen-bond acceptors (Lipinski definition) is 3. The molecule has 2 N–H and O–H groups in total. The normalized spacial score (nSPS) is 16.5. The van der Waals surface area contributed by atoms with Crippen LogP contribution in [0, 0.1) is 11.8 Å². The molecule has 5 nitrogen and oxygen atoms in total. The molecule has 0 aromatic heterocycles. The Morgan fingerprint density at radius 3 is 2.42 bits per heavy atom. The lowest BCUT2D eigenvalue weighted by Crippen LogP contribution is -2.32. The standard InChI is InChI=1S/C19H29N3O2/c1-14(16-8-10-20-11-9-16)12-18(23)21-17-6-4-15(5-7-17)13-19(24)22(2)3/h4-7,14,16,20H,8-13H2,1-3H3,(H,21,23). The predicted octanol–water partition coefficient (Wildman–Crippen LogP) is 2.28. The summed E-state index contributed by atoms with van der Waals surface area (Å²) in [5, 5.41) is 6.33. The third kappa shape index (κ3) is 5.64. The molecule has 0 aliphatic carbocycles. The fraction of sp³-hybridized carbons (Fsp3) is 0.579. The summed E-state index contributed by atoms with van der Waals surface area (Å²) in [4.78, 5) is 25.5. The first-order valence-electron chi connectivity index (χ1n) is 8.75.